The maximum atomic E-state index is 11.0. The molecule has 0 radical (unpaired) electrons. The van der Waals surface area contributed by atoms with E-state index in [9.17, 15) is 4.79 Å². The Morgan fingerprint density at radius 2 is 1.65 bits per heavy atom. The highest BCUT2D eigenvalue weighted by atomic mass is 32.1. The van der Waals surface area contributed by atoms with Gasteiger partial charge in [0.1, 0.15) is 0 Å². The van der Waals surface area contributed by atoms with E-state index in [1.807, 2.05) is 18.2 Å². The van der Waals surface area contributed by atoms with E-state index in [4.69, 9.17) is 21.7 Å². The number of ether oxygens (including phenoxy) is 2. The van der Waals surface area contributed by atoms with Crippen molar-refractivity contribution in [2.75, 3.05) is 24.9 Å². The van der Waals surface area contributed by atoms with Crippen molar-refractivity contribution in [3.05, 3.63) is 48.0 Å². The van der Waals surface area contributed by atoms with Gasteiger partial charge in [-0.1, -0.05) is 12.1 Å². The number of nitrogens with one attached hydrogen (secondary N) is 3. The van der Waals surface area contributed by atoms with Gasteiger partial charge in [-0.05, 0) is 42.0 Å². The first-order chi connectivity index (χ1) is 12.5. The Labute approximate surface area is 157 Å². The minimum absolute atomic E-state index is 0.111. The number of carbonyl (C=O) groups is 1. The van der Waals surface area contributed by atoms with Gasteiger partial charge >= 0.3 is 0 Å². The molecule has 7 nitrogen and oxygen atoms in total. The summed E-state index contributed by atoms with van der Waals surface area (Å²) in [6.45, 7) is 1.46. The highest BCUT2D eigenvalue weighted by Crippen LogP contribution is 2.29. The number of benzene rings is 2. The molecule has 0 fully saturated rings. The van der Waals surface area contributed by atoms with Crippen LogP contribution in [-0.2, 0) is 4.79 Å². The van der Waals surface area contributed by atoms with Gasteiger partial charge in [0.25, 0.3) is 0 Å². The standard InChI is InChI=1S/C18H20N4O3S/c1-12(23)20-14-6-4-13(5-7-14)11-19-22-18(26)21-15-8-9-16(24-2)17(10-15)25-3/h4-11H,1-3H3,(H,20,23)(H2,21,22,26)/b19-11-. The van der Waals surface area contributed by atoms with Gasteiger partial charge in [-0.25, -0.2) is 0 Å². The third kappa shape index (κ3) is 5.75. The summed E-state index contributed by atoms with van der Waals surface area (Å²) >= 11 is 5.20. The van der Waals surface area contributed by atoms with E-state index in [1.165, 1.54) is 6.92 Å². The molecule has 0 aliphatic heterocycles. The molecule has 0 bridgehead atoms. The molecule has 1 amide bonds. The second-order valence-corrected chi connectivity index (χ2v) is 5.61. The highest BCUT2D eigenvalue weighted by molar-refractivity contribution is 7.80. The number of hydrazone groups is 1. The molecule has 8 heteroatoms. The van der Waals surface area contributed by atoms with E-state index in [1.54, 1.807) is 44.7 Å². The summed E-state index contributed by atoms with van der Waals surface area (Å²) in [5.74, 6) is 1.13. The molecular formula is C18H20N4O3S. The van der Waals surface area contributed by atoms with Crippen molar-refractivity contribution >= 4 is 40.8 Å². The van der Waals surface area contributed by atoms with Crippen LogP contribution >= 0.6 is 12.2 Å². The lowest BCUT2D eigenvalue weighted by molar-refractivity contribution is -0.114. The fraction of sp³-hybridized carbons (Fsp3) is 0.167. The van der Waals surface area contributed by atoms with E-state index >= 15 is 0 Å². The Morgan fingerprint density at radius 1 is 1.00 bits per heavy atom. The third-order valence-corrected chi connectivity index (χ3v) is 3.45. The van der Waals surface area contributed by atoms with Gasteiger partial charge in [0, 0.05) is 24.4 Å². The first kappa shape index (κ1) is 19.2. The van der Waals surface area contributed by atoms with E-state index < -0.39 is 0 Å². The lowest BCUT2D eigenvalue weighted by Gasteiger charge is -2.11. The number of methoxy groups -OCH3 is 2. The van der Waals surface area contributed by atoms with E-state index in [-0.39, 0.29) is 5.91 Å². The van der Waals surface area contributed by atoms with Gasteiger partial charge < -0.3 is 20.1 Å². The van der Waals surface area contributed by atoms with Crippen LogP contribution in [0.1, 0.15) is 12.5 Å². The zero-order chi connectivity index (χ0) is 18.9. The molecule has 0 saturated carbocycles. The van der Waals surface area contributed by atoms with Crippen molar-refractivity contribution < 1.29 is 14.3 Å². The summed E-state index contributed by atoms with van der Waals surface area (Å²) < 4.78 is 10.4. The van der Waals surface area contributed by atoms with E-state index in [2.05, 4.69) is 21.2 Å². The molecule has 0 saturated heterocycles. The maximum absolute atomic E-state index is 11.0. The summed E-state index contributed by atoms with van der Waals surface area (Å²) in [6.07, 6.45) is 1.63. The molecule has 0 aromatic heterocycles. The normalized spacial score (nSPS) is 10.3. The number of hydrogen-bond acceptors (Lipinski definition) is 5. The first-order valence-corrected chi connectivity index (χ1v) is 8.12. The quantitative estimate of drug-likeness (QED) is 0.411. The van der Waals surface area contributed by atoms with Crippen LogP contribution in [0.15, 0.2) is 47.6 Å². The molecule has 2 aromatic rings. The molecule has 0 aliphatic rings. The maximum Gasteiger partial charge on any atom is 0.221 e. The molecular weight excluding hydrogens is 352 g/mol. The lowest BCUT2D eigenvalue weighted by Crippen LogP contribution is -2.23. The minimum Gasteiger partial charge on any atom is -0.493 e. The number of hydrogen-bond donors (Lipinski definition) is 3. The monoisotopic (exact) mass is 372 g/mol. The molecule has 0 unspecified atom stereocenters. The molecule has 0 heterocycles. The number of carbonyl (C=O) groups excluding carboxylic acids is 1. The molecule has 0 atom stereocenters. The molecule has 2 aromatic carbocycles. The topological polar surface area (TPSA) is 84.0 Å². The Bertz CT molecular complexity index is 807. The zero-order valence-electron chi connectivity index (χ0n) is 14.7. The van der Waals surface area contributed by atoms with Crippen LogP contribution in [0, 0.1) is 0 Å². The Morgan fingerprint density at radius 3 is 2.27 bits per heavy atom. The zero-order valence-corrected chi connectivity index (χ0v) is 15.5. The van der Waals surface area contributed by atoms with Crippen LogP contribution in [0.2, 0.25) is 0 Å². The van der Waals surface area contributed by atoms with Crippen molar-refractivity contribution in [3.63, 3.8) is 0 Å². The first-order valence-electron chi connectivity index (χ1n) is 7.71. The fourth-order valence-electron chi connectivity index (χ4n) is 2.09. The number of thiocarbonyl (C=S) groups is 1. The van der Waals surface area contributed by atoms with Gasteiger partial charge in [0.2, 0.25) is 5.91 Å². The Hall–Kier alpha value is -3.13. The number of rotatable bonds is 6. The van der Waals surface area contributed by atoms with Gasteiger partial charge in [0.05, 0.1) is 20.4 Å². The van der Waals surface area contributed by atoms with Crippen LogP contribution in [0.3, 0.4) is 0 Å². The summed E-state index contributed by atoms with van der Waals surface area (Å²) in [5, 5.41) is 10.1. The average Bonchev–Trinajstić information content (AvgIpc) is 2.62. The average molecular weight is 372 g/mol. The second kappa shape index (κ2) is 9.38. The van der Waals surface area contributed by atoms with Crippen LogP contribution < -0.4 is 25.5 Å². The van der Waals surface area contributed by atoms with Crippen LogP contribution in [0.4, 0.5) is 11.4 Å². The summed E-state index contributed by atoms with van der Waals surface area (Å²) in [7, 11) is 3.15. The molecule has 3 N–H and O–H groups in total. The molecule has 2 rings (SSSR count). The van der Waals surface area contributed by atoms with E-state index in [0.717, 1.165) is 16.9 Å². The predicted molar refractivity (Wildman–Crippen MR) is 107 cm³/mol. The number of nitrogens with zero attached hydrogens (tertiary/aromatic N) is 1. The minimum atomic E-state index is -0.111. The molecule has 26 heavy (non-hydrogen) atoms. The molecule has 0 aliphatic carbocycles. The molecule has 136 valence electrons. The predicted octanol–water partition coefficient (Wildman–Crippen LogP) is 2.98. The van der Waals surface area contributed by atoms with Gasteiger partial charge in [0.15, 0.2) is 16.6 Å². The van der Waals surface area contributed by atoms with Gasteiger partial charge in [-0.15, -0.1) is 0 Å². The summed E-state index contributed by atoms with van der Waals surface area (Å²) in [6, 6.07) is 12.6. The lowest BCUT2D eigenvalue weighted by atomic mass is 10.2. The molecule has 0 spiro atoms. The SMILES string of the molecule is COc1ccc(NC(=S)N/N=C\c2ccc(NC(C)=O)cc2)cc1OC. The highest BCUT2D eigenvalue weighted by Gasteiger charge is 2.05. The fourth-order valence-corrected chi connectivity index (χ4v) is 2.26. The van der Waals surface area contributed by atoms with Crippen molar-refractivity contribution in [3.8, 4) is 11.5 Å². The van der Waals surface area contributed by atoms with Crippen molar-refractivity contribution in [1.82, 2.24) is 5.43 Å². The Kier molecular flexibility index (Phi) is 6.92. The summed E-state index contributed by atoms with van der Waals surface area (Å²) in [4.78, 5) is 11.0. The van der Waals surface area contributed by atoms with Crippen LogP contribution in [0.25, 0.3) is 0 Å². The van der Waals surface area contributed by atoms with Crippen molar-refractivity contribution in [1.29, 1.82) is 0 Å². The number of anilines is 2. The van der Waals surface area contributed by atoms with E-state index in [0.29, 0.717) is 16.6 Å². The largest absolute Gasteiger partial charge is 0.493 e. The van der Waals surface area contributed by atoms with Crippen molar-refractivity contribution in [2.24, 2.45) is 5.10 Å². The van der Waals surface area contributed by atoms with Crippen LogP contribution in [-0.4, -0.2) is 31.5 Å². The third-order valence-electron chi connectivity index (χ3n) is 3.25. The number of amides is 1. The van der Waals surface area contributed by atoms with Crippen LogP contribution in [0.5, 0.6) is 11.5 Å². The van der Waals surface area contributed by atoms with Crippen molar-refractivity contribution in [2.45, 2.75) is 6.92 Å². The smallest absolute Gasteiger partial charge is 0.221 e. The second-order valence-electron chi connectivity index (χ2n) is 5.20. The van der Waals surface area contributed by atoms with Gasteiger partial charge in [-0.3, -0.25) is 10.2 Å². The van der Waals surface area contributed by atoms with Gasteiger partial charge in [-0.2, -0.15) is 5.10 Å². The summed E-state index contributed by atoms with van der Waals surface area (Å²) in [5.41, 5.74) is 5.08. The Balaban J connectivity index is 1.90.